The number of aromatic nitrogens is 2. The van der Waals surface area contributed by atoms with Gasteiger partial charge in [0.25, 0.3) is 0 Å². The minimum atomic E-state index is 0.246. The molecule has 1 atom stereocenters. The standard InChI is InChI=1S/C18H26N4OS/c1-13(19-12-17-20-21-18(24-17)14-7-8-14)15-5-4-6-16(11-15)23-10-9-22(2)3/h4-6,11,13-14,19H,7-10,12H2,1-3H3. The van der Waals surface area contributed by atoms with Gasteiger partial charge in [-0.1, -0.05) is 23.5 Å². The van der Waals surface area contributed by atoms with Gasteiger partial charge in [-0.2, -0.15) is 0 Å². The van der Waals surface area contributed by atoms with Crippen LogP contribution in [0.15, 0.2) is 24.3 Å². The summed E-state index contributed by atoms with van der Waals surface area (Å²) < 4.78 is 5.82. The van der Waals surface area contributed by atoms with Crippen molar-refractivity contribution in [1.82, 2.24) is 20.4 Å². The fraction of sp³-hybridized carbons (Fsp3) is 0.556. The molecule has 1 fully saturated rings. The Kier molecular flexibility index (Phi) is 5.81. The Bertz CT molecular complexity index is 654. The van der Waals surface area contributed by atoms with E-state index in [1.54, 1.807) is 11.3 Å². The zero-order valence-corrected chi connectivity index (χ0v) is 15.5. The first-order valence-corrected chi connectivity index (χ1v) is 9.36. The number of benzene rings is 1. The number of nitrogens with one attached hydrogen (secondary N) is 1. The summed E-state index contributed by atoms with van der Waals surface area (Å²) in [4.78, 5) is 2.12. The van der Waals surface area contributed by atoms with Crippen LogP contribution in [0.3, 0.4) is 0 Å². The Morgan fingerprint density at radius 3 is 2.92 bits per heavy atom. The summed E-state index contributed by atoms with van der Waals surface area (Å²) >= 11 is 1.74. The normalized spacial score (nSPS) is 15.7. The molecule has 1 heterocycles. The topological polar surface area (TPSA) is 50.3 Å². The van der Waals surface area contributed by atoms with Crippen LogP contribution in [-0.2, 0) is 6.54 Å². The van der Waals surface area contributed by atoms with Crippen molar-refractivity contribution in [3.8, 4) is 5.75 Å². The molecule has 5 nitrogen and oxygen atoms in total. The van der Waals surface area contributed by atoms with Crippen LogP contribution in [0.25, 0.3) is 0 Å². The molecule has 1 aliphatic carbocycles. The van der Waals surface area contributed by atoms with Crippen LogP contribution in [0, 0.1) is 0 Å². The molecule has 1 N–H and O–H groups in total. The number of nitrogens with zero attached hydrogens (tertiary/aromatic N) is 3. The maximum absolute atomic E-state index is 5.82. The molecule has 2 aromatic rings. The largest absolute Gasteiger partial charge is 0.492 e. The van der Waals surface area contributed by atoms with Crippen molar-refractivity contribution in [2.75, 3.05) is 27.2 Å². The second-order valence-corrected chi connectivity index (χ2v) is 7.73. The lowest BCUT2D eigenvalue weighted by molar-refractivity contribution is 0.261. The van der Waals surface area contributed by atoms with E-state index in [2.05, 4.69) is 45.5 Å². The first-order valence-electron chi connectivity index (χ1n) is 8.55. The number of ether oxygens (including phenoxy) is 1. The fourth-order valence-electron chi connectivity index (χ4n) is 2.41. The smallest absolute Gasteiger partial charge is 0.131 e. The highest BCUT2D eigenvalue weighted by atomic mass is 32.1. The number of hydrogen-bond donors (Lipinski definition) is 1. The van der Waals surface area contributed by atoms with Crippen LogP contribution in [0.4, 0.5) is 0 Å². The molecule has 1 aliphatic rings. The zero-order chi connectivity index (χ0) is 16.9. The highest BCUT2D eigenvalue weighted by Crippen LogP contribution is 2.41. The van der Waals surface area contributed by atoms with Crippen molar-refractivity contribution in [2.24, 2.45) is 0 Å². The van der Waals surface area contributed by atoms with Gasteiger partial charge in [0.15, 0.2) is 0 Å². The molecule has 130 valence electrons. The minimum absolute atomic E-state index is 0.246. The summed E-state index contributed by atoms with van der Waals surface area (Å²) in [5.74, 6) is 1.61. The minimum Gasteiger partial charge on any atom is -0.492 e. The lowest BCUT2D eigenvalue weighted by Crippen LogP contribution is -2.20. The van der Waals surface area contributed by atoms with Gasteiger partial charge in [-0.25, -0.2) is 0 Å². The summed E-state index contributed by atoms with van der Waals surface area (Å²) in [5.41, 5.74) is 1.23. The summed E-state index contributed by atoms with van der Waals surface area (Å²) in [7, 11) is 4.10. The van der Waals surface area contributed by atoms with Gasteiger partial charge in [0.2, 0.25) is 0 Å². The van der Waals surface area contributed by atoms with E-state index in [1.165, 1.54) is 23.4 Å². The van der Waals surface area contributed by atoms with Crippen LogP contribution in [0.5, 0.6) is 5.75 Å². The molecule has 0 amide bonds. The number of hydrogen-bond acceptors (Lipinski definition) is 6. The molecule has 1 unspecified atom stereocenters. The molecule has 3 rings (SSSR count). The van der Waals surface area contributed by atoms with Gasteiger partial charge < -0.3 is 15.0 Å². The third kappa shape index (κ3) is 5.00. The second kappa shape index (κ2) is 8.05. The molecular weight excluding hydrogens is 320 g/mol. The van der Waals surface area contributed by atoms with Gasteiger partial charge in [-0.3, -0.25) is 0 Å². The van der Waals surface area contributed by atoms with Crippen LogP contribution in [-0.4, -0.2) is 42.3 Å². The van der Waals surface area contributed by atoms with Gasteiger partial charge in [0.1, 0.15) is 22.4 Å². The monoisotopic (exact) mass is 346 g/mol. The lowest BCUT2D eigenvalue weighted by Gasteiger charge is -2.15. The van der Waals surface area contributed by atoms with E-state index < -0.39 is 0 Å². The quantitative estimate of drug-likeness (QED) is 0.755. The highest BCUT2D eigenvalue weighted by Gasteiger charge is 2.27. The Balaban J connectivity index is 1.50. The van der Waals surface area contributed by atoms with Crippen LogP contribution >= 0.6 is 11.3 Å². The Hall–Kier alpha value is -1.50. The Morgan fingerprint density at radius 2 is 2.17 bits per heavy atom. The van der Waals surface area contributed by atoms with E-state index in [4.69, 9.17) is 4.74 Å². The summed E-state index contributed by atoms with van der Waals surface area (Å²) in [6.45, 7) is 4.55. The maximum Gasteiger partial charge on any atom is 0.131 e. The first-order chi connectivity index (χ1) is 11.6. The van der Waals surface area contributed by atoms with Crippen molar-refractivity contribution in [2.45, 2.75) is 38.3 Å². The van der Waals surface area contributed by atoms with Gasteiger partial charge >= 0.3 is 0 Å². The predicted octanol–water partition coefficient (Wildman–Crippen LogP) is 3.21. The molecule has 0 aliphatic heterocycles. The van der Waals surface area contributed by atoms with Gasteiger partial charge in [0.05, 0.1) is 6.54 Å². The summed E-state index contributed by atoms with van der Waals surface area (Å²) in [5, 5.41) is 14.4. The Labute approximate surface area is 148 Å². The van der Waals surface area contributed by atoms with Crippen LogP contribution in [0.2, 0.25) is 0 Å². The molecule has 0 bridgehead atoms. The molecule has 1 aromatic heterocycles. The molecule has 0 saturated heterocycles. The van der Waals surface area contributed by atoms with E-state index in [0.717, 1.165) is 23.8 Å². The third-order valence-corrected chi connectivity index (χ3v) is 5.22. The van der Waals surface area contributed by atoms with Crippen molar-refractivity contribution in [3.63, 3.8) is 0 Å². The van der Waals surface area contributed by atoms with E-state index >= 15 is 0 Å². The van der Waals surface area contributed by atoms with Crippen molar-refractivity contribution in [1.29, 1.82) is 0 Å². The van der Waals surface area contributed by atoms with Gasteiger partial charge in [-0.15, -0.1) is 10.2 Å². The second-order valence-electron chi connectivity index (χ2n) is 6.64. The van der Waals surface area contributed by atoms with E-state index in [0.29, 0.717) is 12.5 Å². The van der Waals surface area contributed by atoms with Crippen LogP contribution < -0.4 is 10.1 Å². The molecule has 24 heavy (non-hydrogen) atoms. The Morgan fingerprint density at radius 1 is 1.33 bits per heavy atom. The zero-order valence-electron chi connectivity index (χ0n) is 14.7. The average Bonchev–Trinajstić information content (AvgIpc) is 3.31. The lowest BCUT2D eigenvalue weighted by atomic mass is 10.1. The van der Waals surface area contributed by atoms with Crippen molar-refractivity contribution < 1.29 is 4.74 Å². The summed E-state index contributed by atoms with van der Waals surface area (Å²) in [6.07, 6.45) is 2.55. The molecule has 1 aromatic carbocycles. The molecule has 0 spiro atoms. The molecule has 6 heteroatoms. The van der Waals surface area contributed by atoms with E-state index in [9.17, 15) is 0 Å². The van der Waals surface area contributed by atoms with Gasteiger partial charge in [-0.05, 0) is 51.6 Å². The SMILES string of the molecule is CC(NCc1nnc(C2CC2)s1)c1cccc(OCCN(C)C)c1. The predicted molar refractivity (Wildman–Crippen MR) is 97.6 cm³/mol. The van der Waals surface area contributed by atoms with E-state index in [1.807, 2.05) is 20.2 Å². The fourth-order valence-corrected chi connectivity index (χ4v) is 3.37. The third-order valence-electron chi connectivity index (χ3n) is 4.13. The highest BCUT2D eigenvalue weighted by molar-refractivity contribution is 7.11. The molecule has 1 saturated carbocycles. The van der Waals surface area contributed by atoms with Crippen LogP contribution in [0.1, 0.15) is 47.3 Å². The maximum atomic E-state index is 5.82. The molecular formula is C18H26N4OS. The van der Waals surface area contributed by atoms with Crippen molar-refractivity contribution >= 4 is 11.3 Å². The van der Waals surface area contributed by atoms with Gasteiger partial charge in [0, 0.05) is 18.5 Å². The average molecular weight is 347 g/mol. The van der Waals surface area contributed by atoms with E-state index in [-0.39, 0.29) is 6.04 Å². The first kappa shape index (κ1) is 17.3. The number of rotatable bonds is 9. The summed E-state index contributed by atoms with van der Waals surface area (Å²) in [6, 6.07) is 8.55. The number of likely N-dealkylation sites (N-methyl/N-ethyl adjacent to an activating group) is 1. The molecule has 0 radical (unpaired) electrons. The van der Waals surface area contributed by atoms with Crippen molar-refractivity contribution in [3.05, 3.63) is 39.8 Å².